The zero-order chi connectivity index (χ0) is 25.7. The Kier molecular flexibility index (Phi) is 7.84. The van der Waals surface area contributed by atoms with Gasteiger partial charge < -0.3 is 24.1 Å². The zero-order valence-electron chi connectivity index (χ0n) is 20.7. The lowest BCUT2D eigenvalue weighted by Crippen LogP contribution is -2.46. The van der Waals surface area contributed by atoms with E-state index in [2.05, 4.69) is 15.5 Å². The first-order chi connectivity index (χ1) is 17.5. The summed E-state index contributed by atoms with van der Waals surface area (Å²) < 4.78 is 35.7. The lowest BCUT2D eigenvalue weighted by atomic mass is 9.94. The number of allylic oxidation sites excluding steroid dienone is 1. The van der Waals surface area contributed by atoms with Crippen molar-refractivity contribution in [2.24, 2.45) is 0 Å². The Morgan fingerprint density at radius 1 is 1.17 bits per heavy atom. The van der Waals surface area contributed by atoms with Crippen LogP contribution in [0.4, 0.5) is 9.18 Å². The summed E-state index contributed by atoms with van der Waals surface area (Å²) in [6.45, 7) is 5.38. The first kappa shape index (κ1) is 25.2. The van der Waals surface area contributed by atoms with Crippen molar-refractivity contribution in [3.63, 3.8) is 0 Å². The maximum absolute atomic E-state index is 14.3. The molecule has 1 unspecified atom stereocenters. The number of nitrogens with zero attached hydrogens (tertiary/aromatic N) is 3. The van der Waals surface area contributed by atoms with Gasteiger partial charge in [-0.2, -0.15) is 4.98 Å². The largest absolute Gasteiger partial charge is 0.497 e. The minimum Gasteiger partial charge on any atom is -0.497 e. The number of aromatic nitrogens is 2. The molecule has 0 saturated heterocycles. The maximum atomic E-state index is 14.3. The third-order valence-electron chi connectivity index (χ3n) is 5.96. The van der Waals surface area contributed by atoms with Gasteiger partial charge in [-0.05, 0) is 56.2 Å². The summed E-state index contributed by atoms with van der Waals surface area (Å²) in [5.74, 6) is 0.684. The molecular weight excluding hydrogens is 467 g/mol. The Morgan fingerprint density at radius 2 is 2.00 bits per heavy atom. The molecule has 1 N–H and O–H groups in total. The molecule has 1 atom stereocenters. The van der Waals surface area contributed by atoms with Crippen LogP contribution in [0, 0.1) is 5.82 Å². The van der Waals surface area contributed by atoms with E-state index in [0.29, 0.717) is 48.8 Å². The predicted octanol–water partition coefficient (Wildman–Crippen LogP) is 4.82. The van der Waals surface area contributed by atoms with Gasteiger partial charge in [0.1, 0.15) is 5.75 Å². The summed E-state index contributed by atoms with van der Waals surface area (Å²) >= 11 is 0. The van der Waals surface area contributed by atoms with Crippen LogP contribution in [0.2, 0.25) is 0 Å². The molecule has 2 heterocycles. The number of nitrogens with one attached hydrogen (secondary N) is 1. The van der Waals surface area contributed by atoms with Crippen molar-refractivity contribution >= 4 is 11.6 Å². The molecule has 0 bridgehead atoms. The van der Waals surface area contributed by atoms with Crippen LogP contribution in [0.3, 0.4) is 0 Å². The molecule has 0 saturated carbocycles. The van der Waals surface area contributed by atoms with Crippen molar-refractivity contribution in [1.29, 1.82) is 0 Å². The number of urea groups is 1. The van der Waals surface area contributed by atoms with Gasteiger partial charge in [-0.3, -0.25) is 4.90 Å². The Balaban J connectivity index is 1.75. The molecule has 190 valence electrons. The van der Waals surface area contributed by atoms with E-state index >= 15 is 0 Å². The first-order valence-electron chi connectivity index (χ1n) is 11.6. The molecule has 1 aromatic heterocycles. The van der Waals surface area contributed by atoms with E-state index < -0.39 is 11.9 Å². The summed E-state index contributed by atoms with van der Waals surface area (Å²) in [4.78, 5) is 19.3. The van der Waals surface area contributed by atoms with Crippen LogP contribution >= 0.6 is 0 Å². The van der Waals surface area contributed by atoms with Gasteiger partial charge in [-0.25, -0.2) is 9.18 Å². The topological polar surface area (TPSA) is 99.0 Å². The fraction of sp³-hybridized carbons (Fsp3) is 0.346. The number of methoxy groups -OCH3 is 2. The molecule has 3 aromatic rings. The third-order valence-corrected chi connectivity index (χ3v) is 5.96. The van der Waals surface area contributed by atoms with Crippen LogP contribution in [0.15, 0.2) is 52.7 Å². The Labute approximate surface area is 208 Å². The molecule has 10 heteroatoms. The lowest BCUT2D eigenvalue weighted by Gasteiger charge is -2.35. The molecule has 0 aliphatic carbocycles. The number of benzene rings is 2. The molecule has 36 heavy (non-hydrogen) atoms. The second kappa shape index (κ2) is 11.2. The molecule has 2 amide bonds. The van der Waals surface area contributed by atoms with E-state index in [4.69, 9.17) is 18.7 Å². The summed E-state index contributed by atoms with van der Waals surface area (Å²) in [7, 11) is 2.98. The van der Waals surface area contributed by atoms with Gasteiger partial charge in [-0.1, -0.05) is 17.3 Å². The fourth-order valence-electron chi connectivity index (χ4n) is 4.12. The normalized spacial score (nSPS) is 15.8. The lowest BCUT2D eigenvalue weighted by molar-refractivity contribution is 0.136. The SMILES string of the molecule is CCOCCCN1C(=O)NC(c2cccc(OC)c2)C(c2nc(-c3ccc(OC)c(F)c3)no2)=C1C. The summed E-state index contributed by atoms with van der Waals surface area (Å²) in [6.07, 6.45) is 0.663. The van der Waals surface area contributed by atoms with E-state index in [-0.39, 0.29) is 23.5 Å². The average Bonchev–Trinajstić information content (AvgIpc) is 3.37. The van der Waals surface area contributed by atoms with Crippen molar-refractivity contribution in [2.75, 3.05) is 34.0 Å². The molecule has 9 nitrogen and oxygen atoms in total. The minimum absolute atomic E-state index is 0.122. The summed E-state index contributed by atoms with van der Waals surface area (Å²) in [5.41, 5.74) is 2.56. The zero-order valence-corrected chi connectivity index (χ0v) is 20.7. The monoisotopic (exact) mass is 496 g/mol. The second-order valence-electron chi connectivity index (χ2n) is 8.13. The predicted molar refractivity (Wildman–Crippen MR) is 131 cm³/mol. The van der Waals surface area contributed by atoms with Crippen LogP contribution < -0.4 is 14.8 Å². The standard InChI is InChI=1S/C26H29FN4O5/c1-5-35-13-7-12-31-16(2)22(23(28-26(31)32)17-8-6-9-19(14-17)33-3)25-29-24(30-36-25)18-10-11-21(34-4)20(27)15-18/h6,8-11,14-15,23H,5,7,12-13H2,1-4H3,(H,28,32). The fourth-order valence-corrected chi connectivity index (χ4v) is 4.12. The van der Waals surface area contributed by atoms with Crippen LogP contribution in [-0.2, 0) is 4.74 Å². The van der Waals surface area contributed by atoms with Gasteiger partial charge in [0.2, 0.25) is 5.82 Å². The smallest absolute Gasteiger partial charge is 0.322 e. The number of rotatable bonds is 10. The van der Waals surface area contributed by atoms with Gasteiger partial charge in [0.25, 0.3) is 5.89 Å². The molecule has 2 aromatic carbocycles. The number of carbonyl (C=O) groups is 1. The third kappa shape index (κ3) is 5.18. The number of hydrogen-bond acceptors (Lipinski definition) is 7. The molecule has 0 radical (unpaired) electrons. The minimum atomic E-state index is -0.559. The Hall–Kier alpha value is -3.92. The van der Waals surface area contributed by atoms with Crippen LogP contribution in [0.5, 0.6) is 11.5 Å². The maximum Gasteiger partial charge on any atom is 0.322 e. The number of hydrogen-bond donors (Lipinski definition) is 1. The van der Waals surface area contributed by atoms with Gasteiger partial charge in [-0.15, -0.1) is 0 Å². The summed E-state index contributed by atoms with van der Waals surface area (Å²) in [5, 5.41) is 7.14. The summed E-state index contributed by atoms with van der Waals surface area (Å²) in [6, 6.07) is 11.1. The van der Waals surface area contributed by atoms with E-state index in [9.17, 15) is 9.18 Å². The molecule has 1 aliphatic heterocycles. The number of halogens is 1. The van der Waals surface area contributed by atoms with Crippen LogP contribution in [0.1, 0.15) is 37.8 Å². The van der Waals surface area contributed by atoms with E-state index in [1.807, 2.05) is 38.1 Å². The van der Waals surface area contributed by atoms with E-state index in [0.717, 1.165) is 5.56 Å². The second-order valence-corrected chi connectivity index (χ2v) is 8.13. The van der Waals surface area contributed by atoms with Crippen molar-refractivity contribution in [3.05, 3.63) is 65.4 Å². The van der Waals surface area contributed by atoms with Gasteiger partial charge >= 0.3 is 6.03 Å². The van der Waals surface area contributed by atoms with Gasteiger partial charge in [0.15, 0.2) is 11.6 Å². The molecular formula is C26H29FN4O5. The Bertz CT molecular complexity index is 1260. The highest BCUT2D eigenvalue weighted by atomic mass is 19.1. The van der Waals surface area contributed by atoms with Crippen LogP contribution in [0.25, 0.3) is 17.0 Å². The average molecular weight is 497 g/mol. The molecule has 1 aliphatic rings. The number of carbonyl (C=O) groups excluding carboxylic acids is 1. The molecule has 0 spiro atoms. The van der Waals surface area contributed by atoms with Gasteiger partial charge in [0, 0.05) is 31.0 Å². The molecule has 4 rings (SSSR count). The Morgan fingerprint density at radius 3 is 2.72 bits per heavy atom. The highest BCUT2D eigenvalue weighted by Gasteiger charge is 2.35. The number of amides is 2. The van der Waals surface area contributed by atoms with Crippen molar-refractivity contribution < 1.29 is 27.9 Å². The molecule has 0 fully saturated rings. The quantitative estimate of drug-likeness (QED) is 0.402. The van der Waals surface area contributed by atoms with Crippen molar-refractivity contribution in [2.45, 2.75) is 26.3 Å². The van der Waals surface area contributed by atoms with Gasteiger partial charge in [0.05, 0.1) is 25.8 Å². The highest BCUT2D eigenvalue weighted by Crippen LogP contribution is 2.38. The highest BCUT2D eigenvalue weighted by molar-refractivity contribution is 5.87. The van der Waals surface area contributed by atoms with E-state index in [1.165, 1.54) is 19.2 Å². The van der Waals surface area contributed by atoms with Crippen molar-refractivity contribution in [1.82, 2.24) is 20.4 Å². The van der Waals surface area contributed by atoms with Crippen LogP contribution in [-0.4, -0.2) is 55.0 Å². The first-order valence-corrected chi connectivity index (χ1v) is 11.6. The van der Waals surface area contributed by atoms with Crippen molar-refractivity contribution in [3.8, 4) is 22.9 Å². The van der Waals surface area contributed by atoms with E-state index in [1.54, 1.807) is 18.1 Å². The number of ether oxygens (including phenoxy) is 3.